The van der Waals surface area contributed by atoms with Crippen molar-refractivity contribution in [1.29, 1.82) is 0 Å². The summed E-state index contributed by atoms with van der Waals surface area (Å²) in [4.78, 5) is 13.9. The van der Waals surface area contributed by atoms with Gasteiger partial charge in [0.05, 0.1) is 16.8 Å². The molecule has 2 aromatic heterocycles. The van der Waals surface area contributed by atoms with Gasteiger partial charge in [0, 0.05) is 30.2 Å². The Balaban J connectivity index is 1.26. The highest BCUT2D eigenvalue weighted by Crippen LogP contribution is 2.44. The number of hydrogen-bond acceptors (Lipinski definition) is 5. The van der Waals surface area contributed by atoms with Crippen molar-refractivity contribution < 1.29 is 0 Å². The van der Waals surface area contributed by atoms with Gasteiger partial charge in [0.15, 0.2) is 10.3 Å². The van der Waals surface area contributed by atoms with Gasteiger partial charge in [0.1, 0.15) is 5.82 Å². The summed E-state index contributed by atoms with van der Waals surface area (Å²) in [6.45, 7) is 4.00. The number of rotatable bonds is 5. The lowest BCUT2D eigenvalue weighted by molar-refractivity contribution is 0.392. The van der Waals surface area contributed by atoms with Crippen LogP contribution in [0.5, 0.6) is 0 Å². The molecular formula is C23H28N6S2. The standard InChI is InChI=1S/C23H28N6S2/c1-13-8-14(2)25-23(24-13)31-12-21-27-19-11-17(6-7-20(19)29(21)3)26-22(30)28-18-10-15-4-5-16(18)9-15/h6-8,11,15-16,18H,4-5,9-10,12H2,1-3H3,(H2,26,28,30)/t15-,16-,18+/m1/s1. The van der Waals surface area contributed by atoms with E-state index in [1.165, 1.54) is 25.7 Å². The number of nitrogens with zero attached hydrogens (tertiary/aromatic N) is 4. The number of fused-ring (bicyclic) bond motifs is 3. The number of aromatic nitrogens is 4. The average molecular weight is 453 g/mol. The second-order valence-corrected chi connectivity index (χ2v) is 10.2. The molecule has 2 aliphatic carbocycles. The van der Waals surface area contributed by atoms with Crippen LogP contribution < -0.4 is 10.6 Å². The average Bonchev–Trinajstić information content (AvgIpc) is 3.40. The largest absolute Gasteiger partial charge is 0.359 e. The van der Waals surface area contributed by atoms with Gasteiger partial charge in [-0.05, 0) is 81.4 Å². The Labute approximate surface area is 192 Å². The van der Waals surface area contributed by atoms with E-state index in [9.17, 15) is 0 Å². The topological polar surface area (TPSA) is 67.7 Å². The Kier molecular flexibility index (Phi) is 5.60. The third-order valence-electron chi connectivity index (χ3n) is 6.58. The van der Waals surface area contributed by atoms with Gasteiger partial charge in [0.25, 0.3) is 0 Å². The van der Waals surface area contributed by atoms with Crippen LogP contribution in [0.4, 0.5) is 5.69 Å². The molecule has 1 aromatic carbocycles. The van der Waals surface area contributed by atoms with Crippen molar-refractivity contribution in [2.75, 3.05) is 5.32 Å². The van der Waals surface area contributed by atoms with Crippen molar-refractivity contribution in [3.05, 3.63) is 41.5 Å². The van der Waals surface area contributed by atoms with Crippen LogP contribution in [-0.2, 0) is 12.8 Å². The molecule has 2 saturated carbocycles. The summed E-state index contributed by atoms with van der Waals surface area (Å²) in [5, 5.41) is 8.43. The van der Waals surface area contributed by atoms with E-state index in [-0.39, 0.29) is 0 Å². The van der Waals surface area contributed by atoms with E-state index in [1.54, 1.807) is 11.8 Å². The fraction of sp³-hybridized carbons (Fsp3) is 0.478. The molecule has 3 aromatic rings. The minimum atomic E-state index is 0.536. The Hall–Kier alpha value is -2.19. The van der Waals surface area contributed by atoms with E-state index in [1.807, 2.05) is 19.9 Å². The number of anilines is 1. The SMILES string of the molecule is Cc1cc(C)nc(SCc2nc3cc(NC(=S)N[C@H]4C[C@@H]5CC[C@@H]4C5)ccc3n2C)n1. The first kappa shape index (κ1) is 20.7. The van der Waals surface area contributed by atoms with Gasteiger partial charge in [-0.25, -0.2) is 15.0 Å². The van der Waals surface area contributed by atoms with Crippen LogP contribution in [0, 0.1) is 25.7 Å². The van der Waals surface area contributed by atoms with Gasteiger partial charge >= 0.3 is 0 Å². The third-order valence-corrected chi connectivity index (χ3v) is 7.64. The number of hydrogen-bond donors (Lipinski definition) is 2. The zero-order chi connectivity index (χ0) is 21.5. The van der Waals surface area contributed by atoms with Crippen LogP contribution in [0.25, 0.3) is 11.0 Å². The van der Waals surface area contributed by atoms with Crippen LogP contribution >= 0.6 is 24.0 Å². The van der Waals surface area contributed by atoms with Crippen molar-refractivity contribution in [2.45, 2.75) is 56.5 Å². The number of benzene rings is 1. The van der Waals surface area contributed by atoms with Crippen molar-refractivity contribution in [1.82, 2.24) is 24.8 Å². The molecule has 2 fully saturated rings. The molecule has 3 atom stereocenters. The zero-order valence-corrected chi connectivity index (χ0v) is 19.8. The predicted octanol–water partition coefficient (Wildman–Crippen LogP) is 4.75. The summed E-state index contributed by atoms with van der Waals surface area (Å²) in [6.07, 6.45) is 5.37. The van der Waals surface area contributed by atoms with Gasteiger partial charge < -0.3 is 15.2 Å². The summed E-state index contributed by atoms with van der Waals surface area (Å²) < 4.78 is 2.14. The molecule has 2 bridgehead atoms. The molecule has 162 valence electrons. The maximum atomic E-state index is 5.59. The molecule has 31 heavy (non-hydrogen) atoms. The molecule has 8 heteroatoms. The lowest BCUT2D eigenvalue weighted by Gasteiger charge is -2.24. The van der Waals surface area contributed by atoms with Gasteiger partial charge in [-0.15, -0.1) is 0 Å². The molecule has 2 aliphatic rings. The summed E-state index contributed by atoms with van der Waals surface area (Å²) in [5.74, 6) is 3.42. The van der Waals surface area contributed by atoms with Crippen molar-refractivity contribution in [3.63, 3.8) is 0 Å². The summed E-state index contributed by atoms with van der Waals surface area (Å²) in [6, 6.07) is 8.78. The highest BCUT2D eigenvalue weighted by Gasteiger charge is 2.39. The van der Waals surface area contributed by atoms with Gasteiger partial charge in [0.2, 0.25) is 0 Å². The van der Waals surface area contributed by atoms with E-state index in [0.29, 0.717) is 6.04 Å². The van der Waals surface area contributed by atoms with Crippen LogP contribution in [-0.4, -0.2) is 30.7 Å². The lowest BCUT2D eigenvalue weighted by Crippen LogP contribution is -2.40. The van der Waals surface area contributed by atoms with Crippen molar-refractivity contribution in [3.8, 4) is 0 Å². The molecular weight excluding hydrogens is 424 g/mol. The molecule has 0 saturated heterocycles. The zero-order valence-electron chi connectivity index (χ0n) is 18.2. The summed E-state index contributed by atoms with van der Waals surface area (Å²) in [7, 11) is 2.06. The van der Waals surface area contributed by atoms with Crippen molar-refractivity contribution in [2.24, 2.45) is 18.9 Å². The number of imidazole rings is 1. The van der Waals surface area contributed by atoms with Gasteiger partial charge in [-0.2, -0.15) is 0 Å². The number of aryl methyl sites for hydroxylation is 3. The number of nitrogens with one attached hydrogen (secondary N) is 2. The van der Waals surface area contributed by atoms with E-state index >= 15 is 0 Å². The summed E-state index contributed by atoms with van der Waals surface area (Å²) >= 11 is 7.21. The first-order valence-corrected chi connectivity index (χ1v) is 12.3. The Bertz CT molecular complexity index is 1120. The van der Waals surface area contributed by atoms with E-state index in [0.717, 1.165) is 61.8 Å². The summed E-state index contributed by atoms with van der Waals surface area (Å²) in [5.41, 5.74) is 5.03. The molecule has 2 heterocycles. The van der Waals surface area contributed by atoms with Crippen LogP contribution in [0.3, 0.4) is 0 Å². The first-order chi connectivity index (χ1) is 14.9. The quantitative estimate of drug-likeness (QED) is 0.329. The Morgan fingerprint density at radius 3 is 2.65 bits per heavy atom. The smallest absolute Gasteiger partial charge is 0.188 e. The maximum Gasteiger partial charge on any atom is 0.188 e. The molecule has 6 nitrogen and oxygen atoms in total. The van der Waals surface area contributed by atoms with Crippen molar-refractivity contribution >= 4 is 45.8 Å². The highest BCUT2D eigenvalue weighted by molar-refractivity contribution is 7.98. The molecule has 0 amide bonds. The van der Waals surface area contributed by atoms with E-state index < -0.39 is 0 Å². The fourth-order valence-corrected chi connectivity index (χ4v) is 6.30. The molecule has 0 aliphatic heterocycles. The minimum Gasteiger partial charge on any atom is -0.359 e. The fourth-order valence-electron chi connectivity index (χ4n) is 5.10. The third kappa shape index (κ3) is 4.41. The molecule has 0 spiro atoms. The monoisotopic (exact) mass is 452 g/mol. The van der Waals surface area contributed by atoms with Gasteiger partial charge in [-0.3, -0.25) is 0 Å². The van der Waals surface area contributed by atoms with Crippen LogP contribution in [0.1, 0.15) is 42.9 Å². The second kappa shape index (κ2) is 8.39. The van der Waals surface area contributed by atoms with Crippen LogP contribution in [0.15, 0.2) is 29.4 Å². The molecule has 5 rings (SSSR count). The Morgan fingerprint density at radius 1 is 1.13 bits per heavy atom. The Morgan fingerprint density at radius 2 is 1.94 bits per heavy atom. The maximum absolute atomic E-state index is 5.59. The first-order valence-electron chi connectivity index (χ1n) is 10.9. The normalized spacial score (nSPS) is 22.2. The molecule has 2 N–H and O–H groups in total. The second-order valence-electron chi connectivity index (χ2n) is 8.89. The number of thiocarbonyl (C=S) groups is 1. The molecule has 0 radical (unpaired) electrons. The highest BCUT2D eigenvalue weighted by atomic mass is 32.2. The molecule has 0 unspecified atom stereocenters. The predicted molar refractivity (Wildman–Crippen MR) is 130 cm³/mol. The minimum absolute atomic E-state index is 0.536. The lowest BCUT2D eigenvalue weighted by atomic mass is 9.96. The van der Waals surface area contributed by atoms with Crippen LogP contribution in [0.2, 0.25) is 0 Å². The van der Waals surface area contributed by atoms with E-state index in [4.69, 9.17) is 17.2 Å². The van der Waals surface area contributed by atoms with E-state index in [2.05, 4.69) is 50.4 Å². The number of thioether (sulfide) groups is 1. The van der Waals surface area contributed by atoms with Gasteiger partial charge in [-0.1, -0.05) is 18.2 Å².